The molecule has 2 aromatic heterocycles. The number of fused-ring (bicyclic) bond motifs is 3. The summed E-state index contributed by atoms with van der Waals surface area (Å²) in [5.74, 6) is -0.710. The van der Waals surface area contributed by atoms with E-state index >= 15 is 0 Å². The number of aryl methyl sites for hydroxylation is 2. The first kappa shape index (κ1) is 19.8. The van der Waals surface area contributed by atoms with Crippen LogP contribution in [-0.2, 0) is 7.05 Å². The van der Waals surface area contributed by atoms with Crippen molar-refractivity contribution >= 4 is 27.6 Å². The van der Waals surface area contributed by atoms with E-state index in [4.69, 9.17) is 12.4 Å². The summed E-state index contributed by atoms with van der Waals surface area (Å²) in [6.45, 7) is 15.7. The second-order valence-electron chi connectivity index (χ2n) is 8.91. The van der Waals surface area contributed by atoms with Crippen molar-refractivity contribution in [3.63, 3.8) is 0 Å². The lowest BCUT2D eigenvalue weighted by atomic mass is 9.95. The number of benzene rings is 3. The van der Waals surface area contributed by atoms with Crippen molar-refractivity contribution in [3.8, 4) is 22.4 Å². The number of furan rings is 1. The van der Waals surface area contributed by atoms with Crippen LogP contribution >= 0.6 is 0 Å². The minimum absolute atomic E-state index is 0.579. The summed E-state index contributed by atoms with van der Waals surface area (Å²) in [7, 11) is 2.05. The van der Waals surface area contributed by atoms with Crippen LogP contribution in [0.2, 0.25) is 0 Å². The zero-order valence-electron chi connectivity index (χ0n) is 20.7. The van der Waals surface area contributed by atoms with Crippen molar-refractivity contribution in [1.29, 1.82) is 0 Å². The molecule has 2 heterocycles. The van der Waals surface area contributed by atoms with Crippen molar-refractivity contribution in [1.82, 2.24) is 0 Å². The fourth-order valence-corrected chi connectivity index (χ4v) is 4.56. The van der Waals surface area contributed by atoms with Gasteiger partial charge in [0.05, 0.1) is 12.1 Å². The monoisotopic (exact) mass is 432 g/mol. The standard InChI is InChI=1S/C30H27N2O/c1-18(2)22-14-20(4)32(6)27(15-22)29-19(3)12-13-23-25-16-24(21-10-8-7-9-11-21)26(31-5)17-28(25)33-30(23)29/h7-18H,1-4,6H3/q+1/i18D. The van der Waals surface area contributed by atoms with E-state index in [0.29, 0.717) is 11.3 Å². The topological polar surface area (TPSA) is 21.4 Å². The average Bonchev–Trinajstić information content (AvgIpc) is 3.17. The van der Waals surface area contributed by atoms with Crippen molar-refractivity contribution in [2.24, 2.45) is 7.05 Å². The maximum atomic E-state index is 8.59. The Balaban J connectivity index is 1.85. The molecule has 0 unspecified atom stereocenters. The molecule has 162 valence electrons. The minimum atomic E-state index is -0.710. The van der Waals surface area contributed by atoms with E-state index in [9.17, 15) is 0 Å². The fourth-order valence-electron chi connectivity index (χ4n) is 4.56. The van der Waals surface area contributed by atoms with Crippen LogP contribution in [0.5, 0.6) is 0 Å². The molecular weight excluding hydrogens is 404 g/mol. The third-order valence-corrected chi connectivity index (χ3v) is 6.55. The molecule has 0 aliphatic carbocycles. The van der Waals surface area contributed by atoms with E-state index in [0.717, 1.165) is 55.6 Å². The van der Waals surface area contributed by atoms with Crippen LogP contribution < -0.4 is 4.57 Å². The van der Waals surface area contributed by atoms with Crippen LogP contribution in [0, 0.1) is 20.4 Å². The third kappa shape index (κ3) is 3.39. The molecule has 0 bridgehead atoms. The van der Waals surface area contributed by atoms with Crippen molar-refractivity contribution in [2.45, 2.75) is 33.6 Å². The zero-order chi connectivity index (χ0) is 24.2. The van der Waals surface area contributed by atoms with E-state index in [1.807, 2.05) is 50.2 Å². The van der Waals surface area contributed by atoms with E-state index in [2.05, 4.69) is 60.6 Å². The third-order valence-electron chi connectivity index (χ3n) is 6.55. The molecule has 0 atom stereocenters. The molecule has 0 aliphatic rings. The Morgan fingerprint density at radius 1 is 0.970 bits per heavy atom. The normalized spacial score (nSPS) is 12.2. The fraction of sp³-hybridized carbons (Fsp3) is 0.200. The molecule has 33 heavy (non-hydrogen) atoms. The van der Waals surface area contributed by atoms with Gasteiger partial charge in [0, 0.05) is 31.2 Å². The molecule has 3 aromatic carbocycles. The SMILES string of the molecule is [2H]C(C)(C)c1cc(C)[n+](C)c(-c2c(C)ccc3c2oc2cc([N+]#[C-])c(-c4ccccc4)cc23)c1. The summed E-state index contributed by atoms with van der Waals surface area (Å²) in [4.78, 5) is 3.79. The Morgan fingerprint density at radius 3 is 2.42 bits per heavy atom. The van der Waals surface area contributed by atoms with Gasteiger partial charge in [-0.25, -0.2) is 4.85 Å². The molecule has 0 N–H and O–H groups in total. The van der Waals surface area contributed by atoms with Crippen molar-refractivity contribution in [3.05, 3.63) is 95.0 Å². The van der Waals surface area contributed by atoms with Gasteiger partial charge in [-0.2, -0.15) is 4.57 Å². The van der Waals surface area contributed by atoms with Crippen LogP contribution in [0.1, 0.15) is 37.9 Å². The van der Waals surface area contributed by atoms with Crippen LogP contribution in [0.4, 0.5) is 5.69 Å². The average molecular weight is 433 g/mol. The van der Waals surface area contributed by atoms with E-state index in [1.165, 1.54) is 0 Å². The van der Waals surface area contributed by atoms with Gasteiger partial charge >= 0.3 is 0 Å². The number of aromatic nitrogens is 1. The van der Waals surface area contributed by atoms with Gasteiger partial charge in [0.25, 0.3) is 0 Å². The molecule has 0 saturated carbocycles. The van der Waals surface area contributed by atoms with Gasteiger partial charge in [-0.05, 0) is 41.1 Å². The van der Waals surface area contributed by atoms with Gasteiger partial charge in [0.15, 0.2) is 11.4 Å². The van der Waals surface area contributed by atoms with E-state index in [1.54, 1.807) is 0 Å². The lowest BCUT2D eigenvalue weighted by molar-refractivity contribution is -0.666. The molecule has 3 heteroatoms. The number of hydrogen-bond acceptors (Lipinski definition) is 1. The highest BCUT2D eigenvalue weighted by Gasteiger charge is 2.24. The Bertz CT molecular complexity index is 1620. The highest BCUT2D eigenvalue weighted by atomic mass is 16.3. The molecule has 0 saturated heterocycles. The maximum Gasteiger partial charge on any atom is 0.216 e. The predicted octanol–water partition coefficient (Wildman–Crippen LogP) is 8.04. The summed E-state index contributed by atoms with van der Waals surface area (Å²) in [5, 5.41) is 2.02. The smallest absolute Gasteiger partial charge is 0.216 e. The van der Waals surface area contributed by atoms with Crippen LogP contribution in [-0.4, -0.2) is 0 Å². The summed E-state index contributed by atoms with van der Waals surface area (Å²) in [6, 6.07) is 22.4. The highest BCUT2D eigenvalue weighted by molar-refractivity contribution is 6.12. The second kappa shape index (κ2) is 7.90. The lowest BCUT2D eigenvalue weighted by Crippen LogP contribution is -2.35. The lowest BCUT2D eigenvalue weighted by Gasteiger charge is -2.11. The van der Waals surface area contributed by atoms with Crippen LogP contribution in [0.15, 0.2) is 71.1 Å². The molecule has 0 amide bonds. The van der Waals surface area contributed by atoms with Gasteiger partial charge < -0.3 is 4.42 Å². The maximum absolute atomic E-state index is 8.59. The molecule has 5 aromatic rings. The second-order valence-corrected chi connectivity index (χ2v) is 8.91. The largest absolute Gasteiger partial charge is 0.456 e. The van der Waals surface area contributed by atoms with E-state index in [-0.39, 0.29) is 0 Å². The predicted molar refractivity (Wildman–Crippen MR) is 136 cm³/mol. The van der Waals surface area contributed by atoms with Gasteiger partial charge in [-0.15, -0.1) is 0 Å². The van der Waals surface area contributed by atoms with Crippen LogP contribution in [0.25, 0.3) is 49.2 Å². The first-order chi connectivity index (χ1) is 16.2. The summed E-state index contributed by atoms with van der Waals surface area (Å²) < 4.78 is 17.2. The molecule has 5 rings (SSSR count). The minimum Gasteiger partial charge on any atom is -0.456 e. The summed E-state index contributed by atoms with van der Waals surface area (Å²) >= 11 is 0. The van der Waals surface area contributed by atoms with Crippen molar-refractivity contribution in [2.75, 3.05) is 0 Å². The van der Waals surface area contributed by atoms with Gasteiger partial charge in [0.1, 0.15) is 18.2 Å². The highest BCUT2D eigenvalue weighted by Crippen LogP contribution is 2.42. The summed E-state index contributed by atoms with van der Waals surface area (Å²) in [6.07, 6.45) is 0. The quantitative estimate of drug-likeness (QED) is 0.209. The number of pyridine rings is 1. The number of nitrogens with zero attached hydrogens (tertiary/aromatic N) is 2. The molecule has 0 aliphatic heterocycles. The first-order valence-corrected chi connectivity index (χ1v) is 11.1. The Kier molecular flexibility index (Phi) is 4.73. The Labute approximate surface area is 196 Å². The first-order valence-electron chi connectivity index (χ1n) is 11.6. The van der Waals surface area contributed by atoms with Gasteiger partial charge in [-0.1, -0.05) is 62.4 Å². The van der Waals surface area contributed by atoms with Crippen LogP contribution in [0.3, 0.4) is 0 Å². The summed E-state index contributed by atoms with van der Waals surface area (Å²) in [5.41, 5.74) is 9.23. The van der Waals surface area contributed by atoms with Crippen molar-refractivity contribution < 1.29 is 10.4 Å². The Hall–Kier alpha value is -3.90. The van der Waals surface area contributed by atoms with E-state index < -0.39 is 5.89 Å². The molecule has 0 spiro atoms. The zero-order valence-corrected chi connectivity index (χ0v) is 19.7. The Morgan fingerprint density at radius 2 is 1.73 bits per heavy atom. The molecular formula is C30H27N2O+. The molecule has 0 fully saturated rings. The molecule has 0 radical (unpaired) electrons. The van der Waals surface area contributed by atoms with Gasteiger partial charge in [0.2, 0.25) is 5.69 Å². The number of rotatable bonds is 3. The van der Waals surface area contributed by atoms with Gasteiger partial charge in [-0.3, -0.25) is 0 Å². The number of hydrogen-bond donors (Lipinski definition) is 0. The molecule has 3 nitrogen and oxygen atoms in total.